The van der Waals surface area contributed by atoms with Crippen LogP contribution in [0.5, 0.6) is 0 Å². The Labute approximate surface area is 151 Å². The predicted molar refractivity (Wildman–Crippen MR) is 97.8 cm³/mol. The normalized spacial score (nSPS) is 15.2. The van der Waals surface area contributed by atoms with E-state index in [0.717, 1.165) is 22.9 Å². The Hall–Kier alpha value is -3.02. The minimum absolute atomic E-state index is 0.0991. The first-order chi connectivity index (χ1) is 12.7. The maximum absolute atomic E-state index is 12.8. The number of carbonyl (C=O) groups excluding carboxylic acids is 2. The summed E-state index contributed by atoms with van der Waals surface area (Å²) in [7, 11) is 0. The van der Waals surface area contributed by atoms with Crippen LogP contribution in [-0.2, 0) is 11.2 Å². The van der Waals surface area contributed by atoms with E-state index >= 15 is 0 Å². The van der Waals surface area contributed by atoms with Crippen LogP contribution < -0.4 is 0 Å². The number of carbonyl (C=O) groups is 2. The van der Waals surface area contributed by atoms with Gasteiger partial charge in [-0.25, -0.2) is 0 Å². The van der Waals surface area contributed by atoms with Crippen LogP contribution >= 0.6 is 0 Å². The monoisotopic (exact) mass is 351 g/mol. The van der Waals surface area contributed by atoms with Gasteiger partial charge in [0, 0.05) is 43.3 Å². The van der Waals surface area contributed by atoms with Crippen molar-refractivity contribution in [1.82, 2.24) is 14.8 Å². The molecule has 4 rings (SSSR count). The summed E-state index contributed by atoms with van der Waals surface area (Å²) in [6, 6.07) is 11.4. The van der Waals surface area contributed by atoms with Crippen LogP contribution in [0.1, 0.15) is 22.5 Å². The number of furan rings is 1. The molecule has 2 amide bonds. The first-order valence-corrected chi connectivity index (χ1v) is 8.88. The molecular weight excluding hydrogens is 330 g/mol. The molecule has 6 nitrogen and oxygen atoms in total. The summed E-state index contributed by atoms with van der Waals surface area (Å²) in [4.78, 5) is 32.0. The van der Waals surface area contributed by atoms with Crippen LogP contribution in [0.4, 0.5) is 0 Å². The number of amides is 2. The number of aromatic nitrogens is 1. The van der Waals surface area contributed by atoms with E-state index in [2.05, 4.69) is 4.98 Å². The third-order valence-corrected chi connectivity index (χ3v) is 4.88. The van der Waals surface area contributed by atoms with E-state index in [4.69, 9.17) is 4.42 Å². The molecule has 1 fully saturated rings. The predicted octanol–water partition coefficient (Wildman–Crippen LogP) is 2.68. The van der Waals surface area contributed by atoms with Crippen LogP contribution in [0.3, 0.4) is 0 Å². The molecule has 0 aliphatic carbocycles. The number of hydrogen-bond acceptors (Lipinski definition) is 3. The number of hydrogen-bond donors (Lipinski definition) is 1. The van der Waals surface area contributed by atoms with Crippen LogP contribution in [0, 0.1) is 0 Å². The fraction of sp³-hybridized carbons (Fsp3) is 0.300. The topological polar surface area (TPSA) is 69.6 Å². The highest BCUT2D eigenvalue weighted by molar-refractivity contribution is 5.91. The molecule has 0 spiro atoms. The average molecular weight is 351 g/mol. The van der Waals surface area contributed by atoms with Crippen molar-refractivity contribution < 1.29 is 14.0 Å². The molecule has 0 unspecified atom stereocenters. The van der Waals surface area contributed by atoms with Crippen LogP contribution in [0.2, 0.25) is 0 Å². The van der Waals surface area contributed by atoms with Crippen molar-refractivity contribution in [2.45, 2.75) is 12.8 Å². The number of H-pyrrole nitrogens is 1. The lowest BCUT2D eigenvalue weighted by atomic mass is 10.1. The molecule has 134 valence electrons. The Morgan fingerprint density at radius 3 is 2.65 bits per heavy atom. The van der Waals surface area contributed by atoms with Gasteiger partial charge >= 0.3 is 0 Å². The molecule has 1 aromatic carbocycles. The summed E-state index contributed by atoms with van der Waals surface area (Å²) in [5.41, 5.74) is 2.06. The van der Waals surface area contributed by atoms with Crippen molar-refractivity contribution in [2.75, 3.05) is 26.2 Å². The van der Waals surface area contributed by atoms with Crippen molar-refractivity contribution in [3.8, 4) is 0 Å². The SMILES string of the molecule is O=C(Cc1c[nH]c2ccccc12)N1CCCN(C(=O)c2ccco2)CC1. The number of para-hydroxylation sites is 1. The zero-order valence-electron chi connectivity index (χ0n) is 14.5. The Balaban J connectivity index is 1.40. The summed E-state index contributed by atoms with van der Waals surface area (Å²) >= 11 is 0. The van der Waals surface area contributed by atoms with E-state index in [-0.39, 0.29) is 11.8 Å². The number of fused-ring (bicyclic) bond motifs is 1. The van der Waals surface area contributed by atoms with Gasteiger partial charge in [0.15, 0.2) is 5.76 Å². The lowest BCUT2D eigenvalue weighted by Gasteiger charge is -2.21. The largest absolute Gasteiger partial charge is 0.459 e. The zero-order valence-corrected chi connectivity index (χ0v) is 14.5. The van der Waals surface area contributed by atoms with Gasteiger partial charge in [-0.2, -0.15) is 0 Å². The molecule has 1 N–H and O–H groups in total. The van der Waals surface area contributed by atoms with E-state index in [1.807, 2.05) is 35.4 Å². The summed E-state index contributed by atoms with van der Waals surface area (Å²) in [5.74, 6) is 0.339. The van der Waals surface area contributed by atoms with Crippen molar-refractivity contribution >= 4 is 22.7 Å². The smallest absolute Gasteiger partial charge is 0.289 e. The second kappa shape index (κ2) is 7.07. The van der Waals surface area contributed by atoms with Crippen molar-refractivity contribution in [3.05, 3.63) is 60.2 Å². The third kappa shape index (κ3) is 3.22. The molecule has 6 heteroatoms. The second-order valence-electron chi connectivity index (χ2n) is 6.54. The molecular formula is C20H21N3O3. The molecule has 2 aromatic heterocycles. The highest BCUT2D eigenvalue weighted by atomic mass is 16.3. The van der Waals surface area contributed by atoms with Gasteiger partial charge in [0.05, 0.1) is 12.7 Å². The molecule has 3 heterocycles. The molecule has 0 atom stereocenters. The minimum Gasteiger partial charge on any atom is -0.459 e. The van der Waals surface area contributed by atoms with Crippen molar-refractivity contribution in [2.24, 2.45) is 0 Å². The van der Waals surface area contributed by atoms with E-state index in [0.29, 0.717) is 38.4 Å². The van der Waals surface area contributed by atoms with E-state index in [9.17, 15) is 9.59 Å². The number of benzene rings is 1. The van der Waals surface area contributed by atoms with Gasteiger partial charge in [0.1, 0.15) is 0 Å². The quantitative estimate of drug-likeness (QED) is 0.789. The average Bonchev–Trinajstić information content (AvgIpc) is 3.26. The van der Waals surface area contributed by atoms with Crippen molar-refractivity contribution in [1.29, 1.82) is 0 Å². The molecule has 26 heavy (non-hydrogen) atoms. The van der Waals surface area contributed by atoms with Gasteiger partial charge < -0.3 is 19.2 Å². The van der Waals surface area contributed by atoms with E-state index < -0.39 is 0 Å². The maximum Gasteiger partial charge on any atom is 0.289 e. The number of nitrogens with zero attached hydrogens (tertiary/aromatic N) is 2. The minimum atomic E-state index is -0.110. The maximum atomic E-state index is 12.8. The molecule has 0 bridgehead atoms. The Kier molecular flexibility index (Phi) is 4.48. The molecule has 1 saturated heterocycles. The van der Waals surface area contributed by atoms with Crippen LogP contribution in [-0.4, -0.2) is 52.8 Å². The summed E-state index contributed by atoms with van der Waals surface area (Å²) in [6.07, 6.45) is 4.55. The van der Waals surface area contributed by atoms with E-state index in [1.54, 1.807) is 17.0 Å². The highest BCUT2D eigenvalue weighted by Crippen LogP contribution is 2.19. The van der Waals surface area contributed by atoms with Gasteiger partial charge in [0.25, 0.3) is 5.91 Å². The fourth-order valence-corrected chi connectivity index (χ4v) is 3.48. The standard InChI is InChI=1S/C20H21N3O3/c24-19(13-15-14-21-17-6-2-1-5-16(15)17)22-8-4-9-23(11-10-22)20(25)18-7-3-12-26-18/h1-3,5-7,12,14,21H,4,8-11,13H2. The fourth-order valence-electron chi connectivity index (χ4n) is 3.48. The van der Waals surface area contributed by atoms with Crippen LogP contribution in [0.25, 0.3) is 10.9 Å². The van der Waals surface area contributed by atoms with E-state index in [1.165, 1.54) is 6.26 Å². The van der Waals surface area contributed by atoms with Gasteiger partial charge in [-0.05, 0) is 30.2 Å². The molecule has 0 saturated carbocycles. The van der Waals surface area contributed by atoms with Gasteiger partial charge in [-0.3, -0.25) is 9.59 Å². The molecule has 0 radical (unpaired) electrons. The highest BCUT2D eigenvalue weighted by Gasteiger charge is 2.24. The number of nitrogens with one attached hydrogen (secondary N) is 1. The summed E-state index contributed by atoms with van der Waals surface area (Å²) in [6.45, 7) is 2.38. The Bertz CT molecular complexity index is 913. The molecule has 1 aliphatic rings. The Morgan fingerprint density at radius 1 is 1.00 bits per heavy atom. The summed E-state index contributed by atoms with van der Waals surface area (Å²) in [5, 5.41) is 1.09. The first-order valence-electron chi connectivity index (χ1n) is 8.88. The third-order valence-electron chi connectivity index (χ3n) is 4.88. The number of rotatable bonds is 3. The van der Waals surface area contributed by atoms with Gasteiger partial charge in [-0.15, -0.1) is 0 Å². The van der Waals surface area contributed by atoms with Crippen LogP contribution in [0.15, 0.2) is 53.3 Å². The second-order valence-corrected chi connectivity index (χ2v) is 6.54. The lowest BCUT2D eigenvalue weighted by Crippen LogP contribution is -2.37. The molecule has 1 aliphatic heterocycles. The molecule has 3 aromatic rings. The van der Waals surface area contributed by atoms with Gasteiger partial charge in [-0.1, -0.05) is 18.2 Å². The zero-order chi connectivity index (χ0) is 17.9. The lowest BCUT2D eigenvalue weighted by molar-refractivity contribution is -0.130. The Morgan fingerprint density at radius 2 is 1.81 bits per heavy atom. The number of aromatic amines is 1. The first kappa shape index (κ1) is 16.4. The summed E-state index contributed by atoms with van der Waals surface area (Å²) < 4.78 is 5.20. The van der Waals surface area contributed by atoms with Gasteiger partial charge in [0.2, 0.25) is 5.91 Å². The van der Waals surface area contributed by atoms with Crippen molar-refractivity contribution in [3.63, 3.8) is 0 Å².